The molecule has 88 valence electrons. The van der Waals surface area contributed by atoms with Crippen LogP contribution in [0.5, 0.6) is 0 Å². The highest BCUT2D eigenvalue weighted by molar-refractivity contribution is 9.10. The van der Waals surface area contributed by atoms with Gasteiger partial charge < -0.3 is 5.32 Å². The number of carbonyl (C=O) groups excluding carboxylic acids is 1. The third-order valence-corrected chi connectivity index (χ3v) is 2.97. The summed E-state index contributed by atoms with van der Waals surface area (Å²) in [6, 6.07) is 2.78. The zero-order valence-corrected chi connectivity index (χ0v) is 10.3. The van der Waals surface area contributed by atoms with E-state index in [1.54, 1.807) is 12.2 Å². The number of carbonyl (C=O) groups is 1. The molecule has 16 heavy (non-hydrogen) atoms. The Balaban J connectivity index is 2.99. The first-order chi connectivity index (χ1) is 7.21. The van der Waals surface area contributed by atoms with Crippen LogP contribution in [0.4, 0.5) is 18.9 Å². The third kappa shape index (κ3) is 3.12. The van der Waals surface area contributed by atoms with Crippen LogP contribution in [-0.4, -0.2) is 12.1 Å². The number of hydrogen-bond acceptors (Lipinski definition) is 1. The number of halogens is 5. The molecule has 0 saturated heterocycles. The average molecular weight is 317 g/mol. The van der Waals surface area contributed by atoms with Gasteiger partial charge in [-0.3, -0.25) is 4.79 Å². The van der Waals surface area contributed by atoms with Crippen molar-refractivity contribution in [3.63, 3.8) is 0 Å². The van der Waals surface area contributed by atoms with E-state index < -0.39 is 12.1 Å². The monoisotopic (exact) mass is 315 g/mol. The van der Waals surface area contributed by atoms with E-state index in [2.05, 4.69) is 15.9 Å². The lowest BCUT2D eigenvalue weighted by atomic mass is 10.2. The van der Waals surface area contributed by atoms with E-state index in [0.717, 1.165) is 0 Å². The molecule has 0 fully saturated rings. The minimum Gasteiger partial charge on any atom is -0.318 e. The van der Waals surface area contributed by atoms with Gasteiger partial charge in [-0.05, 0) is 40.5 Å². The number of anilines is 1. The zero-order chi connectivity index (χ0) is 12.5. The number of alkyl halides is 3. The summed E-state index contributed by atoms with van der Waals surface area (Å²) in [5.41, 5.74) is 0.518. The SMILES string of the molecule is Cc1cc(Cl)c(Br)cc1NC(=O)C(F)(F)F. The molecule has 1 amide bonds. The molecule has 0 heterocycles. The molecule has 0 saturated carbocycles. The summed E-state index contributed by atoms with van der Waals surface area (Å²) in [5.74, 6) is -2.01. The number of nitrogens with one attached hydrogen (secondary N) is 1. The maximum Gasteiger partial charge on any atom is 0.471 e. The van der Waals surface area contributed by atoms with Crippen molar-refractivity contribution >= 4 is 39.1 Å². The Kier molecular flexibility index (Phi) is 3.85. The maximum absolute atomic E-state index is 12.0. The Morgan fingerprint density at radius 2 is 2.00 bits per heavy atom. The van der Waals surface area contributed by atoms with Crippen molar-refractivity contribution in [1.82, 2.24) is 0 Å². The summed E-state index contributed by atoms with van der Waals surface area (Å²) in [4.78, 5) is 10.7. The Hall–Kier alpha value is -0.750. The van der Waals surface area contributed by atoms with Crippen molar-refractivity contribution in [2.45, 2.75) is 13.1 Å². The molecule has 2 nitrogen and oxygen atoms in total. The van der Waals surface area contributed by atoms with Gasteiger partial charge in [-0.25, -0.2) is 0 Å². The molecule has 0 spiro atoms. The molecule has 7 heteroatoms. The first-order valence-electron chi connectivity index (χ1n) is 4.05. The van der Waals surface area contributed by atoms with Gasteiger partial charge in [0.25, 0.3) is 0 Å². The second-order valence-corrected chi connectivity index (χ2v) is 4.29. The second kappa shape index (κ2) is 4.63. The highest BCUT2D eigenvalue weighted by Gasteiger charge is 2.38. The minimum absolute atomic E-state index is 0.0681. The second-order valence-electron chi connectivity index (χ2n) is 3.03. The molecule has 0 aliphatic carbocycles. The van der Waals surface area contributed by atoms with Crippen LogP contribution in [0.15, 0.2) is 16.6 Å². The van der Waals surface area contributed by atoms with Crippen LogP contribution in [0.2, 0.25) is 5.02 Å². The van der Waals surface area contributed by atoms with Crippen LogP contribution in [0, 0.1) is 6.92 Å². The van der Waals surface area contributed by atoms with Crippen molar-refractivity contribution in [1.29, 1.82) is 0 Å². The molecule has 0 aromatic heterocycles. The Labute approximate surface area is 103 Å². The molecule has 0 aliphatic heterocycles. The van der Waals surface area contributed by atoms with Crippen molar-refractivity contribution in [2.24, 2.45) is 0 Å². The van der Waals surface area contributed by atoms with E-state index in [4.69, 9.17) is 11.6 Å². The van der Waals surface area contributed by atoms with Crippen LogP contribution in [-0.2, 0) is 4.79 Å². The number of rotatable bonds is 1. The molecule has 1 aromatic carbocycles. The van der Waals surface area contributed by atoms with Crippen LogP contribution in [0.1, 0.15) is 5.56 Å². The van der Waals surface area contributed by atoms with Crippen LogP contribution in [0.3, 0.4) is 0 Å². The van der Waals surface area contributed by atoms with Gasteiger partial charge in [0.15, 0.2) is 0 Å². The summed E-state index contributed by atoms with van der Waals surface area (Å²) >= 11 is 8.79. The van der Waals surface area contributed by atoms with Gasteiger partial charge >= 0.3 is 12.1 Å². The Morgan fingerprint density at radius 3 is 2.50 bits per heavy atom. The van der Waals surface area contributed by atoms with Gasteiger partial charge in [-0.15, -0.1) is 0 Å². The third-order valence-electron chi connectivity index (χ3n) is 1.77. The molecule has 0 bridgehead atoms. The molecule has 0 unspecified atom stereocenters. The summed E-state index contributed by atoms with van der Waals surface area (Å²) in [6.45, 7) is 1.55. The predicted molar refractivity (Wildman–Crippen MR) is 58.6 cm³/mol. The molecular weight excluding hydrogens is 310 g/mol. The largest absolute Gasteiger partial charge is 0.471 e. The van der Waals surface area contributed by atoms with Crippen molar-refractivity contribution in [3.05, 3.63) is 27.2 Å². The van der Waals surface area contributed by atoms with Crippen LogP contribution >= 0.6 is 27.5 Å². The van der Waals surface area contributed by atoms with Crippen molar-refractivity contribution in [2.75, 3.05) is 5.32 Å². The molecule has 0 radical (unpaired) electrons. The van der Waals surface area contributed by atoms with Gasteiger partial charge in [0.2, 0.25) is 0 Å². The van der Waals surface area contributed by atoms with Crippen LogP contribution in [0.25, 0.3) is 0 Å². The smallest absolute Gasteiger partial charge is 0.318 e. The van der Waals surface area contributed by atoms with Gasteiger partial charge in [0.05, 0.1) is 5.02 Å². The zero-order valence-electron chi connectivity index (χ0n) is 7.95. The lowest BCUT2D eigenvalue weighted by Gasteiger charge is -2.11. The number of amides is 1. The fourth-order valence-corrected chi connectivity index (χ4v) is 1.54. The first-order valence-corrected chi connectivity index (χ1v) is 5.22. The van der Waals surface area contributed by atoms with E-state index in [1.165, 1.54) is 12.1 Å². The highest BCUT2D eigenvalue weighted by atomic mass is 79.9. The summed E-state index contributed by atoms with van der Waals surface area (Å²) in [7, 11) is 0. The Morgan fingerprint density at radius 1 is 1.44 bits per heavy atom. The average Bonchev–Trinajstić information content (AvgIpc) is 2.12. The summed E-state index contributed by atoms with van der Waals surface area (Å²) in [6.07, 6.45) is -4.90. The molecular formula is C9H6BrClF3NO. The standard InChI is InChI=1S/C9H6BrClF3NO/c1-4-2-6(11)5(10)3-7(4)15-8(16)9(12,13)14/h2-3H,1H3,(H,15,16). The highest BCUT2D eigenvalue weighted by Crippen LogP contribution is 2.29. The van der Waals surface area contributed by atoms with Gasteiger partial charge in [-0.2, -0.15) is 13.2 Å². The maximum atomic E-state index is 12.0. The number of benzene rings is 1. The van der Waals surface area contributed by atoms with Crippen LogP contribution < -0.4 is 5.32 Å². The van der Waals surface area contributed by atoms with E-state index >= 15 is 0 Å². The van der Waals surface area contributed by atoms with E-state index in [9.17, 15) is 18.0 Å². The van der Waals surface area contributed by atoms with E-state index in [0.29, 0.717) is 15.1 Å². The molecule has 1 aromatic rings. The predicted octanol–water partition coefficient (Wildman–Crippen LogP) is 3.91. The lowest BCUT2D eigenvalue weighted by Crippen LogP contribution is -2.30. The number of aryl methyl sites for hydroxylation is 1. The normalized spacial score (nSPS) is 11.4. The van der Waals surface area contributed by atoms with E-state index in [-0.39, 0.29) is 5.69 Å². The van der Waals surface area contributed by atoms with Crippen molar-refractivity contribution < 1.29 is 18.0 Å². The van der Waals surface area contributed by atoms with Gasteiger partial charge in [0.1, 0.15) is 0 Å². The topological polar surface area (TPSA) is 29.1 Å². The van der Waals surface area contributed by atoms with Gasteiger partial charge in [0, 0.05) is 10.2 Å². The lowest BCUT2D eigenvalue weighted by molar-refractivity contribution is -0.167. The molecule has 1 N–H and O–H groups in total. The van der Waals surface area contributed by atoms with Crippen molar-refractivity contribution in [3.8, 4) is 0 Å². The summed E-state index contributed by atoms with van der Waals surface area (Å²) < 4.78 is 36.4. The molecule has 0 atom stereocenters. The first kappa shape index (κ1) is 13.3. The van der Waals surface area contributed by atoms with E-state index in [1.807, 2.05) is 0 Å². The van der Waals surface area contributed by atoms with Gasteiger partial charge in [-0.1, -0.05) is 11.6 Å². The fourth-order valence-electron chi connectivity index (χ4n) is 0.974. The molecule has 1 rings (SSSR count). The minimum atomic E-state index is -4.90. The fraction of sp³-hybridized carbons (Fsp3) is 0.222. The summed E-state index contributed by atoms with van der Waals surface area (Å²) in [5, 5.41) is 2.13. The molecule has 0 aliphatic rings. The Bertz CT molecular complexity index is 433. The quantitative estimate of drug-likeness (QED) is 0.836. The number of hydrogen-bond donors (Lipinski definition) is 1.